The number of nitrogens with one attached hydrogen (secondary N) is 1. The molecule has 1 aliphatic carbocycles. The van der Waals surface area contributed by atoms with E-state index in [2.05, 4.69) is 46.6 Å². The van der Waals surface area contributed by atoms with Crippen molar-refractivity contribution in [3.05, 3.63) is 82.6 Å². The lowest BCUT2D eigenvalue weighted by atomic mass is 9.88. The summed E-state index contributed by atoms with van der Waals surface area (Å²) in [5.41, 5.74) is 6.74. The predicted molar refractivity (Wildman–Crippen MR) is 100 cm³/mol. The molecule has 1 N–H and O–H groups in total. The van der Waals surface area contributed by atoms with E-state index in [1.165, 1.54) is 29.7 Å². The Bertz CT molecular complexity index is 925. The Balaban J connectivity index is 1.75. The molecule has 0 spiro atoms. The number of para-hydroxylation sites is 1. The lowest BCUT2D eigenvalue weighted by Crippen LogP contribution is -2.47. The van der Waals surface area contributed by atoms with Crippen LogP contribution in [0.5, 0.6) is 0 Å². The third kappa shape index (κ3) is 2.23. The zero-order valence-corrected chi connectivity index (χ0v) is 14.0. The fraction of sp³-hybridized carbons (Fsp3) is 0.227. The number of fused-ring (bicyclic) bond motifs is 5. The van der Waals surface area contributed by atoms with Gasteiger partial charge in [0.15, 0.2) is 0 Å². The van der Waals surface area contributed by atoms with Crippen LogP contribution in [-0.4, -0.2) is 5.91 Å². The Morgan fingerprint density at radius 1 is 1.00 bits per heavy atom. The molecule has 0 fully saturated rings. The Morgan fingerprint density at radius 2 is 1.84 bits per heavy atom. The number of carbonyl (C=O) groups excluding carboxylic acids is 1. The summed E-state index contributed by atoms with van der Waals surface area (Å²) >= 11 is 0. The summed E-state index contributed by atoms with van der Waals surface area (Å²) in [6.45, 7) is 0. The lowest BCUT2D eigenvalue weighted by molar-refractivity contribution is 0.0928. The van der Waals surface area contributed by atoms with Gasteiger partial charge in [-0.1, -0.05) is 42.5 Å². The van der Waals surface area contributed by atoms with Gasteiger partial charge in [0.25, 0.3) is 5.91 Å². The van der Waals surface area contributed by atoms with E-state index in [9.17, 15) is 4.79 Å². The second-order valence-electron chi connectivity index (χ2n) is 6.90. The summed E-state index contributed by atoms with van der Waals surface area (Å²) < 4.78 is 0. The average Bonchev–Trinajstić information content (AvgIpc) is 2.68. The van der Waals surface area contributed by atoms with Gasteiger partial charge in [0.1, 0.15) is 6.17 Å². The molecule has 124 valence electrons. The van der Waals surface area contributed by atoms with Crippen LogP contribution in [-0.2, 0) is 0 Å². The van der Waals surface area contributed by atoms with Gasteiger partial charge in [0.2, 0.25) is 0 Å². The Kier molecular flexibility index (Phi) is 3.27. The molecule has 3 aliphatic rings. The normalized spacial score (nSPS) is 21.4. The minimum atomic E-state index is -0.138. The quantitative estimate of drug-likeness (QED) is 0.816. The van der Waals surface area contributed by atoms with Gasteiger partial charge in [0, 0.05) is 11.3 Å². The molecular formula is C22H20N2O. The number of amides is 1. The monoisotopic (exact) mass is 328 g/mol. The van der Waals surface area contributed by atoms with Gasteiger partial charge in [-0.3, -0.25) is 4.79 Å². The molecule has 2 heterocycles. The minimum Gasteiger partial charge on any atom is -0.327 e. The molecule has 1 amide bonds. The number of benzene rings is 2. The fourth-order valence-electron chi connectivity index (χ4n) is 4.19. The summed E-state index contributed by atoms with van der Waals surface area (Å²) in [7, 11) is 0. The van der Waals surface area contributed by atoms with Crippen molar-refractivity contribution in [3.63, 3.8) is 0 Å². The van der Waals surface area contributed by atoms with Gasteiger partial charge < -0.3 is 10.2 Å². The molecule has 0 radical (unpaired) electrons. The fourth-order valence-corrected chi connectivity index (χ4v) is 4.19. The first-order valence-electron chi connectivity index (χ1n) is 9.02. The molecule has 3 nitrogen and oxygen atoms in total. The highest BCUT2D eigenvalue weighted by atomic mass is 16.2. The number of rotatable bonds is 1. The van der Waals surface area contributed by atoms with Crippen LogP contribution < -0.4 is 10.2 Å². The molecule has 2 aliphatic heterocycles. The van der Waals surface area contributed by atoms with Crippen molar-refractivity contribution in [2.75, 3.05) is 4.90 Å². The van der Waals surface area contributed by atoms with E-state index in [-0.39, 0.29) is 12.1 Å². The van der Waals surface area contributed by atoms with Crippen LogP contribution in [0.3, 0.4) is 0 Å². The van der Waals surface area contributed by atoms with Crippen LogP contribution in [0.4, 0.5) is 5.69 Å². The summed E-state index contributed by atoms with van der Waals surface area (Å²) in [6.07, 6.45) is 9.27. The highest BCUT2D eigenvalue weighted by Crippen LogP contribution is 2.44. The van der Waals surface area contributed by atoms with Gasteiger partial charge in [0.05, 0.1) is 11.3 Å². The van der Waals surface area contributed by atoms with Crippen molar-refractivity contribution in [1.82, 2.24) is 5.32 Å². The van der Waals surface area contributed by atoms with Crippen molar-refractivity contribution in [3.8, 4) is 0 Å². The summed E-state index contributed by atoms with van der Waals surface area (Å²) in [4.78, 5) is 15.0. The van der Waals surface area contributed by atoms with Crippen LogP contribution in [0.15, 0.2) is 65.9 Å². The van der Waals surface area contributed by atoms with Gasteiger partial charge in [-0.15, -0.1) is 0 Å². The Labute approximate surface area is 147 Å². The average molecular weight is 328 g/mol. The first kappa shape index (κ1) is 14.5. The van der Waals surface area contributed by atoms with Crippen LogP contribution in [0.2, 0.25) is 0 Å². The van der Waals surface area contributed by atoms with Crippen LogP contribution in [0.25, 0.3) is 6.08 Å². The number of hydrogen-bond donors (Lipinski definition) is 1. The van der Waals surface area contributed by atoms with E-state index in [1.54, 1.807) is 0 Å². The molecule has 2 aromatic carbocycles. The largest absolute Gasteiger partial charge is 0.327 e. The zero-order chi connectivity index (χ0) is 16.8. The highest BCUT2D eigenvalue weighted by Gasteiger charge is 2.37. The molecule has 1 atom stereocenters. The van der Waals surface area contributed by atoms with Crippen LogP contribution >= 0.6 is 0 Å². The number of hydrogen-bond acceptors (Lipinski definition) is 2. The van der Waals surface area contributed by atoms with E-state index >= 15 is 0 Å². The Morgan fingerprint density at radius 3 is 2.72 bits per heavy atom. The van der Waals surface area contributed by atoms with Gasteiger partial charge in [-0.05, 0) is 55.0 Å². The van der Waals surface area contributed by atoms with Gasteiger partial charge in [-0.2, -0.15) is 0 Å². The van der Waals surface area contributed by atoms with Crippen molar-refractivity contribution < 1.29 is 4.79 Å². The zero-order valence-electron chi connectivity index (χ0n) is 14.0. The number of nitrogens with zero attached hydrogens (tertiary/aromatic N) is 1. The third-order valence-electron chi connectivity index (χ3n) is 5.40. The minimum absolute atomic E-state index is 0.00512. The van der Waals surface area contributed by atoms with E-state index in [4.69, 9.17) is 0 Å². The molecule has 0 aromatic heterocycles. The van der Waals surface area contributed by atoms with E-state index in [0.29, 0.717) is 0 Å². The van der Waals surface area contributed by atoms with Crippen molar-refractivity contribution >= 4 is 17.7 Å². The molecule has 2 aromatic rings. The lowest BCUT2D eigenvalue weighted by Gasteiger charge is -2.44. The standard InChI is InChI=1S/C22H20N2O/c25-22-18-12-6-7-13-19(18)24-20(15-8-2-1-3-9-15)14-16-10-4-5-11-17(16)21(24)23-22/h4-8,10-14,21H,1-3,9H2,(H,23,25)/t21-/m0/s1. The molecule has 0 bridgehead atoms. The maximum atomic E-state index is 12.7. The van der Waals surface area contributed by atoms with E-state index < -0.39 is 0 Å². The second-order valence-corrected chi connectivity index (χ2v) is 6.90. The van der Waals surface area contributed by atoms with E-state index in [0.717, 1.165) is 29.7 Å². The predicted octanol–water partition coefficient (Wildman–Crippen LogP) is 4.79. The molecule has 5 rings (SSSR count). The molecule has 0 saturated heterocycles. The molecule has 3 heteroatoms. The molecule has 25 heavy (non-hydrogen) atoms. The first-order valence-corrected chi connectivity index (χ1v) is 9.02. The Hall–Kier alpha value is -2.81. The second kappa shape index (κ2) is 5.62. The van der Waals surface area contributed by atoms with Crippen molar-refractivity contribution in [2.45, 2.75) is 31.8 Å². The highest BCUT2D eigenvalue weighted by molar-refractivity contribution is 6.03. The van der Waals surface area contributed by atoms with Crippen molar-refractivity contribution in [1.29, 1.82) is 0 Å². The van der Waals surface area contributed by atoms with Gasteiger partial charge >= 0.3 is 0 Å². The van der Waals surface area contributed by atoms with E-state index in [1.807, 2.05) is 24.3 Å². The smallest absolute Gasteiger partial charge is 0.255 e. The number of carbonyl (C=O) groups is 1. The summed E-state index contributed by atoms with van der Waals surface area (Å²) in [5, 5.41) is 3.22. The summed E-state index contributed by atoms with van der Waals surface area (Å²) in [5.74, 6) is 0.00512. The molecular weight excluding hydrogens is 308 g/mol. The summed E-state index contributed by atoms with van der Waals surface area (Å²) in [6, 6.07) is 16.3. The maximum absolute atomic E-state index is 12.7. The molecule has 0 saturated carbocycles. The first-order chi connectivity index (χ1) is 12.3. The van der Waals surface area contributed by atoms with Crippen molar-refractivity contribution in [2.24, 2.45) is 0 Å². The number of allylic oxidation sites excluding steroid dienone is 2. The topological polar surface area (TPSA) is 32.3 Å². The maximum Gasteiger partial charge on any atom is 0.255 e. The SMILES string of the molecule is O=C1N[C@@H]2c3ccccc3C=C(C3=CCCCC3)N2c2ccccc21. The van der Waals surface area contributed by atoms with Gasteiger partial charge in [-0.25, -0.2) is 0 Å². The van der Waals surface area contributed by atoms with Crippen LogP contribution in [0, 0.1) is 0 Å². The third-order valence-corrected chi connectivity index (χ3v) is 5.40. The molecule has 0 unspecified atom stereocenters. The number of anilines is 1. The van der Waals surface area contributed by atoms with Crippen LogP contribution in [0.1, 0.15) is 53.3 Å².